The lowest BCUT2D eigenvalue weighted by atomic mass is 9.89. The van der Waals surface area contributed by atoms with Crippen LogP contribution in [0.3, 0.4) is 0 Å². The average molecular weight is 251 g/mol. The van der Waals surface area contributed by atoms with Gasteiger partial charge in [0.1, 0.15) is 11.4 Å². The Kier molecular flexibility index (Phi) is 4.16. The van der Waals surface area contributed by atoms with Crippen LogP contribution in [-0.4, -0.2) is 24.8 Å². The lowest BCUT2D eigenvalue weighted by Gasteiger charge is -2.35. The summed E-state index contributed by atoms with van der Waals surface area (Å²) < 4.78 is 11.1. The van der Waals surface area contributed by atoms with Crippen LogP contribution in [0, 0.1) is 0 Å². The van der Waals surface area contributed by atoms with Crippen molar-refractivity contribution in [3.8, 4) is 5.75 Å². The van der Waals surface area contributed by atoms with Gasteiger partial charge in [-0.3, -0.25) is 10.8 Å². The van der Waals surface area contributed by atoms with Crippen molar-refractivity contribution in [1.29, 1.82) is 0 Å². The first kappa shape index (κ1) is 13.3. The maximum absolute atomic E-state index is 5.77. The van der Waals surface area contributed by atoms with Gasteiger partial charge in [0.15, 0.2) is 0 Å². The van der Waals surface area contributed by atoms with Crippen LogP contribution in [-0.2, 0) is 4.74 Å². The number of hydrogen-bond acceptors (Lipinski definition) is 5. The van der Waals surface area contributed by atoms with Crippen molar-refractivity contribution in [2.24, 2.45) is 5.84 Å². The molecule has 100 valence electrons. The monoisotopic (exact) mass is 251 g/mol. The highest BCUT2D eigenvalue weighted by Crippen LogP contribution is 2.43. The number of aromatic nitrogens is 1. The molecule has 0 spiro atoms. The summed E-state index contributed by atoms with van der Waals surface area (Å²) in [4.78, 5) is 4.41. The highest BCUT2D eigenvalue weighted by atomic mass is 16.5. The number of nitrogens with one attached hydrogen (secondary N) is 1. The topological polar surface area (TPSA) is 69.4 Å². The summed E-state index contributed by atoms with van der Waals surface area (Å²) in [6.07, 6.45) is 6.03. The SMILES string of the molecule is COc1cccnc1C(NN)C1(OC)CCCC1. The van der Waals surface area contributed by atoms with E-state index in [1.54, 1.807) is 20.4 Å². The van der Waals surface area contributed by atoms with Crippen molar-refractivity contribution in [2.45, 2.75) is 37.3 Å². The van der Waals surface area contributed by atoms with Crippen molar-refractivity contribution in [3.63, 3.8) is 0 Å². The molecular formula is C13H21N3O2. The maximum atomic E-state index is 5.77. The number of pyridine rings is 1. The van der Waals surface area contributed by atoms with E-state index in [1.165, 1.54) is 0 Å². The molecule has 1 aromatic rings. The van der Waals surface area contributed by atoms with E-state index in [2.05, 4.69) is 10.4 Å². The third-order valence-corrected chi connectivity index (χ3v) is 3.84. The zero-order valence-electron chi connectivity index (χ0n) is 11.0. The molecule has 1 atom stereocenters. The number of rotatable bonds is 5. The minimum atomic E-state index is -0.281. The minimum absolute atomic E-state index is 0.152. The fourth-order valence-electron chi connectivity index (χ4n) is 2.86. The number of ether oxygens (including phenoxy) is 2. The summed E-state index contributed by atoms with van der Waals surface area (Å²) in [6, 6.07) is 3.59. The highest BCUT2D eigenvalue weighted by molar-refractivity contribution is 5.31. The Morgan fingerprint density at radius 1 is 1.39 bits per heavy atom. The quantitative estimate of drug-likeness (QED) is 0.614. The van der Waals surface area contributed by atoms with Gasteiger partial charge < -0.3 is 9.47 Å². The fraction of sp³-hybridized carbons (Fsp3) is 0.615. The molecule has 3 N–H and O–H groups in total. The van der Waals surface area contributed by atoms with Crippen molar-refractivity contribution < 1.29 is 9.47 Å². The third-order valence-electron chi connectivity index (χ3n) is 3.84. The Balaban J connectivity index is 2.38. The van der Waals surface area contributed by atoms with Crippen LogP contribution >= 0.6 is 0 Å². The summed E-state index contributed by atoms with van der Waals surface area (Å²) in [5.74, 6) is 6.48. The molecule has 1 saturated carbocycles. The molecule has 18 heavy (non-hydrogen) atoms. The first-order valence-electron chi connectivity index (χ1n) is 6.27. The summed E-state index contributed by atoms with van der Waals surface area (Å²) in [5.41, 5.74) is 3.39. The standard InChI is InChI=1S/C13H21N3O2/c1-17-10-6-5-9-15-11(10)12(16-14)13(18-2)7-3-4-8-13/h5-6,9,12,16H,3-4,7-8,14H2,1-2H3. The molecule has 5 heteroatoms. The predicted molar refractivity (Wildman–Crippen MR) is 69.1 cm³/mol. The molecule has 1 aliphatic carbocycles. The second-order valence-corrected chi connectivity index (χ2v) is 4.67. The molecule has 1 unspecified atom stereocenters. The van der Waals surface area contributed by atoms with E-state index in [4.69, 9.17) is 15.3 Å². The van der Waals surface area contributed by atoms with Gasteiger partial charge in [-0.1, -0.05) is 12.8 Å². The molecule has 2 rings (SSSR count). The van der Waals surface area contributed by atoms with Crippen LogP contribution in [0.2, 0.25) is 0 Å². The molecule has 0 aromatic carbocycles. The van der Waals surface area contributed by atoms with Gasteiger partial charge in [0.25, 0.3) is 0 Å². The van der Waals surface area contributed by atoms with Gasteiger partial charge in [0.2, 0.25) is 0 Å². The van der Waals surface area contributed by atoms with Crippen molar-refractivity contribution in [2.75, 3.05) is 14.2 Å². The van der Waals surface area contributed by atoms with Gasteiger partial charge in [-0.15, -0.1) is 0 Å². The first-order chi connectivity index (χ1) is 8.77. The lowest BCUT2D eigenvalue weighted by molar-refractivity contribution is -0.0385. The van der Waals surface area contributed by atoms with Crippen molar-refractivity contribution in [1.82, 2.24) is 10.4 Å². The Bertz CT molecular complexity index is 392. The summed E-state index contributed by atoms with van der Waals surface area (Å²) in [5, 5.41) is 0. The van der Waals surface area contributed by atoms with E-state index in [9.17, 15) is 0 Å². The van der Waals surface area contributed by atoms with Gasteiger partial charge in [0.05, 0.1) is 18.8 Å². The van der Waals surface area contributed by atoms with Crippen LogP contribution in [0.1, 0.15) is 37.4 Å². The molecular weight excluding hydrogens is 230 g/mol. The van der Waals surface area contributed by atoms with Gasteiger partial charge >= 0.3 is 0 Å². The van der Waals surface area contributed by atoms with Gasteiger partial charge in [0, 0.05) is 13.3 Å². The maximum Gasteiger partial charge on any atom is 0.142 e. The smallest absolute Gasteiger partial charge is 0.142 e. The van der Waals surface area contributed by atoms with E-state index in [-0.39, 0.29) is 11.6 Å². The fourth-order valence-corrected chi connectivity index (χ4v) is 2.86. The predicted octanol–water partition coefficient (Wildman–Crippen LogP) is 1.55. The summed E-state index contributed by atoms with van der Waals surface area (Å²) in [7, 11) is 3.38. The average Bonchev–Trinajstić information content (AvgIpc) is 2.90. The van der Waals surface area contributed by atoms with Gasteiger partial charge in [-0.25, -0.2) is 5.43 Å². The van der Waals surface area contributed by atoms with Crippen LogP contribution in [0.4, 0.5) is 0 Å². The number of methoxy groups -OCH3 is 2. The van der Waals surface area contributed by atoms with Gasteiger partial charge in [-0.05, 0) is 25.0 Å². The zero-order valence-corrected chi connectivity index (χ0v) is 11.0. The van der Waals surface area contributed by atoms with Crippen molar-refractivity contribution >= 4 is 0 Å². The Morgan fingerprint density at radius 3 is 2.67 bits per heavy atom. The van der Waals surface area contributed by atoms with E-state index < -0.39 is 0 Å². The van der Waals surface area contributed by atoms with E-state index >= 15 is 0 Å². The van der Waals surface area contributed by atoms with E-state index in [1.807, 2.05) is 12.1 Å². The third kappa shape index (κ3) is 2.21. The van der Waals surface area contributed by atoms with E-state index in [0.717, 1.165) is 37.1 Å². The molecule has 1 fully saturated rings. The summed E-state index contributed by atoms with van der Waals surface area (Å²) in [6.45, 7) is 0. The minimum Gasteiger partial charge on any atom is -0.495 e. The molecule has 0 radical (unpaired) electrons. The molecule has 0 bridgehead atoms. The molecule has 0 aliphatic heterocycles. The van der Waals surface area contributed by atoms with Crippen LogP contribution in [0.15, 0.2) is 18.3 Å². The molecule has 5 nitrogen and oxygen atoms in total. The van der Waals surface area contributed by atoms with Crippen molar-refractivity contribution in [3.05, 3.63) is 24.0 Å². The number of hydrogen-bond donors (Lipinski definition) is 2. The zero-order chi connectivity index (χ0) is 13.0. The number of nitrogens with zero attached hydrogens (tertiary/aromatic N) is 1. The largest absolute Gasteiger partial charge is 0.495 e. The normalized spacial score (nSPS) is 19.7. The van der Waals surface area contributed by atoms with Gasteiger partial charge in [-0.2, -0.15) is 0 Å². The number of hydrazine groups is 1. The molecule has 1 aromatic heterocycles. The van der Waals surface area contributed by atoms with Crippen LogP contribution in [0.5, 0.6) is 5.75 Å². The lowest BCUT2D eigenvalue weighted by Crippen LogP contribution is -2.46. The number of nitrogens with two attached hydrogens (primary N) is 1. The summed E-state index contributed by atoms with van der Waals surface area (Å²) >= 11 is 0. The molecule has 1 aliphatic rings. The second-order valence-electron chi connectivity index (χ2n) is 4.67. The Hall–Kier alpha value is -1.17. The highest BCUT2D eigenvalue weighted by Gasteiger charge is 2.43. The molecule has 0 saturated heterocycles. The molecule has 1 heterocycles. The van der Waals surface area contributed by atoms with Crippen LogP contribution in [0.25, 0.3) is 0 Å². The first-order valence-corrected chi connectivity index (χ1v) is 6.27. The second kappa shape index (κ2) is 5.65. The van der Waals surface area contributed by atoms with Crippen LogP contribution < -0.4 is 16.0 Å². The Labute approximate surface area is 108 Å². The Morgan fingerprint density at radius 2 is 2.11 bits per heavy atom. The molecule has 0 amide bonds. The van der Waals surface area contributed by atoms with E-state index in [0.29, 0.717) is 0 Å².